The minimum Gasteiger partial charge on any atom is -0.388 e. The summed E-state index contributed by atoms with van der Waals surface area (Å²) in [5.41, 5.74) is 0.334. The standard InChI is InChI=1S/C14H22O2/c1-11(2)13(14(3,4)15)16-10-12-8-6-5-7-9-12/h5-9,11,13,15H,10H2,1-4H3/t13-/m0/s1. The molecule has 0 aromatic heterocycles. The Morgan fingerprint density at radius 2 is 1.75 bits per heavy atom. The first-order valence-electron chi connectivity index (χ1n) is 5.79. The summed E-state index contributed by atoms with van der Waals surface area (Å²) < 4.78 is 5.80. The van der Waals surface area contributed by atoms with E-state index < -0.39 is 5.60 Å². The van der Waals surface area contributed by atoms with E-state index in [9.17, 15) is 5.11 Å². The molecule has 0 aliphatic heterocycles. The smallest absolute Gasteiger partial charge is 0.0883 e. The fraction of sp³-hybridized carbons (Fsp3) is 0.571. The minimum absolute atomic E-state index is 0.146. The van der Waals surface area contributed by atoms with Crippen molar-refractivity contribution in [1.82, 2.24) is 0 Å². The van der Waals surface area contributed by atoms with E-state index in [2.05, 4.69) is 13.8 Å². The van der Waals surface area contributed by atoms with Gasteiger partial charge in [0.2, 0.25) is 0 Å². The van der Waals surface area contributed by atoms with E-state index in [4.69, 9.17) is 4.74 Å². The Kier molecular flexibility index (Phi) is 4.51. The zero-order valence-electron chi connectivity index (χ0n) is 10.6. The van der Waals surface area contributed by atoms with Crippen molar-refractivity contribution in [1.29, 1.82) is 0 Å². The molecule has 0 heterocycles. The summed E-state index contributed by atoms with van der Waals surface area (Å²) in [6, 6.07) is 10.0. The Hall–Kier alpha value is -0.860. The third-order valence-electron chi connectivity index (χ3n) is 2.57. The van der Waals surface area contributed by atoms with E-state index in [1.165, 1.54) is 0 Å². The number of hydrogen-bond donors (Lipinski definition) is 1. The number of rotatable bonds is 5. The minimum atomic E-state index is -0.803. The van der Waals surface area contributed by atoms with Crippen LogP contribution < -0.4 is 0 Å². The first-order valence-corrected chi connectivity index (χ1v) is 5.79. The monoisotopic (exact) mass is 222 g/mol. The van der Waals surface area contributed by atoms with Crippen LogP contribution in [0.15, 0.2) is 30.3 Å². The molecular formula is C14H22O2. The van der Waals surface area contributed by atoms with Crippen molar-refractivity contribution >= 4 is 0 Å². The summed E-state index contributed by atoms with van der Waals surface area (Å²) >= 11 is 0. The summed E-state index contributed by atoms with van der Waals surface area (Å²) in [6.07, 6.45) is -0.146. The zero-order chi connectivity index (χ0) is 12.2. The van der Waals surface area contributed by atoms with E-state index in [1.807, 2.05) is 30.3 Å². The molecule has 1 rings (SSSR count). The van der Waals surface area contributed by atoms with Crippen LogP contribution in [0, 0.1) is 5.92 Å². The van der Waals surface area contributed by atoms with Gasteiger partial charge < -0.3 is 9.84 Å². The molecule has 0 saturated carbocycles. The van der Waals surface area contributed by atoms with Gasteiger partial charge in [-0.15, -0.1) is 0 Å². The highest BCUT2D eigenvalue weighted by molar-refractivity contribution is 5.13. The Balaban J connectivity index is 2.58. The highest BCUT2D eigenvalue weighted by atomic mass is 16.5. The van der Waals surface area contributed by atoms with Crippen molar-refractivity contribution in [2.75, 3.05) is 0 Å². The van der Waals surface area contributed by atoms with Crippen LogP contribution in [0.1, 0.15) is 33.3 Å². The predicted molar refractivity (Wildman–Crippen MR) is 66.2 cm³/mol. The van der Waals surface area contributed by atoms with Gasteiger partial charge in [-0.3, -0.25) is 0 Å². The molecule has 0 radical (unpaired) electrons. The van der Waals surface area contributed by atoms with E-state index in [0.717, 1.165) is 5.56 Å². The van der Waals surface area contributed by atoms with Crippen LogP contribution in [0.2, 0.25) is 0 Å². The Morgan fingerprint density at radius 3 is 2.19 bits per heavy atom. The second-order valence-corrected chi connectivity index (χ2v) is 5.11. The Bertz CT molecular complexity index is 298. The van der Waals surface area contributed by atoms with Crippen LogP contribution in [-0.4, -0.2) is 16.8 Å². The molecule has 1 aromatic carbocycles. The van der Waals surface area contributed by atoms with Gasteiger partial charge in [0, 0.05) is 0 Å². The van der Waals surface area contributed by atoms with Gasteiger partial charge >= 0.3 is 0 Å². The fourth-order valence-corrected chi connectivity index (χ4v) is 1.97. The molecule has 2 nitrogen and oxygen atoms in total. The summed E-state index contributed by atoms with van der Waals surface area (Å²) in [5.74, 6) is 0.295. The molecule has 90 valence electrons. The lowest BCUT2D eigenvalue weighted by atomic mass is 9.92. The first kappa shape index (κ1) is 13.2. The number of benzene rings is 1. The van der Waals surface area contributed by atoms with Crippen molar-refractivity contribution < 1.29 is 9.84 Å². The third-order valence-corrected chi connectivity index (χ3v) is 2.57. The molecule has 1 N–H and O–H groups in total. The molecule has 0 amide bonds. The summed E-state index contributed by atoms with van der Waals surface area (Å²) in [5, 5.41) is 10.0. The maximum atomic E-state index is 10.0. The average molecular weight is 222 g/mol. The molecule has 2 heteroatoms. The van der Waals surface area contributed by atoms with E-state index in [-0.39, 0.29) is 6.10 Å². The number of aliphatic hydroxyl groups is 1. The summed E-state index contributed by atoms with van der Waals surface area (Å²) in [4.78, 5) is 0. The first-order chi connectivity index (χ1) is 7.41. The molecule has 0 spiro atoms. The molecule has 0 bridgehead atoms. The molecular weight excluding hydrogens is 200 g/mol. The van der Waals surface area contributed by atoms with Crippen LogP contribution in [0.3, 0.4) is 0 Å². The Morgan fingerprint density at radius 1 is 1.19 bits per heavy atom. The normalized spacial score (nSPS) is 14.1. The number of hydrogen-bond acceptors (Lipinski definition) is 2. The quantitative estimate of drug-likeness (QED) is 0.830. The van der Waals surface area contributed by atoms with Crippen molar-refractivity contribution in [3.05, 3.63) is 35.9 Å². The van der Waals surface area contributed by atoms with Crippen molar-refractivity contribution in [3.63, 3.8) is 0 Å². The topological polar surface area (TPSA) is 29.5 Å². The van der Waals surface area contributed by atoms with Crippen molar-refractivity contribution in [3.8, 4) is 0 Å². The van der Waals surface area contributed by atoms with Crippen molar-refractivity contribution in [2.24, 2.45) is 5.92 Å². The van der Waals surface area contributed by atoms with Crippen LogP contribution in [-0.2, 0) is 11.3 Å². The van der Waals surface area contributed by atoms with Gasteiger partial charge in [-0.25, -0.2) is 0 Å². The van der Waals surface area contributed by atoms with E-state index in [0.29, 0.717) is 12.5 Å². The fourth-order valence-electron chi connectivity index (χ4n) is 1.97. The van der Waals surface area contributed by atoms with Gasteiger partial charge in [0.25, 0.3) is 0 Å². The molecule has 0 aliphatic rings. The highest BCUT2D eigenvalue weighted by Crippen LogP contribution is 2.21. The lowest BCUT2D eigenvalue weighted by Gasteiger charge is -2.32. The van der Waals surface area contributed by atoms with Crippen LogP contribution in [0.4, 0.5) is 0 Å². The maximum Gasteiger partial charge on any atom is 0.0883 e. The van der Waals surface area contributed by atoms with Gasteiger partial charge in [-0.2, -0.15) is 0 Å². The van der Waals surface area contributed by atoms with Gasteiger partial charge in [0.1, 0.15) is 0 Å². The van der Waals surface area contributed by atoms with Crippen molar-refractivity contribution in [2.45, 2.75) is 46.0 Å². The average Bonchev–Trinajstić information content (AvgIpc) is 2.17. The largest absolute Gasteiger partial charge is 0.388 e. The second kappa shape index (κ2) is 5.46. The summed E-state index contributed by atoms with van der Waals surface area (Å²) in [7, 11) is 0. The summed E-state index contributed by atoms with van der Waals surface area (Å²) in [6.45, 7) is 8.26. The number of ether oxygens (including phenoxy) is 1. The predicted octanol–water partition coefficient (Wildman–Crippen LogP) is 3.00. The molecule has 0 fully saturated rings. The molecule has 0 unspecified atom stereocenters. The second-order valence-electron chi connectivity index (χ2n) is 5.11. The highest BCUT2D eigenvalue weighted by Gasteiger charge is 2.30. The van der Waals surface area contributed by atoms with Crippen LogP contribution in [0.5, 0.6) is 0 Å². The molecule has 0 aliphatic carbocycles. The van der Waals surface area contributed by atoms with Gasteiger partial charge in [-0.1, -0.05) is 44.2 Å². The Labute approximate surface area is 98.3 Å². The van der Waals surface area contributed by atoms with Gasteiger partial charge in [-0.05, 0) is 25.3 Å². The van der Waals surface area contributed by atoms with E-state index >= 15 is 0 Å². The maximum absolute atomic E-state index is 10.0. The third kappa shape index (κ3) is 3.95. The molecule has 1 aromatic rings. The van der Waals surface area contributed by atoms with Crippen LogP contribution in [0.25, 0.3) is 0 Å². The molecule has 1 atom stereocenters. The van der Waals surface area contributed by atoms with Crippen LogP contribution >= 0.6 is 0 Å². The molecule has 16 heavy (non-hydrogen) atoms. The SMILES string of the molecule is CC(C)[C@H](OCc1ccccc1)C(C)(C)O. The van der Waals surface area contributed by atoms with Gasteiger partial charge in [0.15, 0.2) is 0 Å². The van der Waals surface area contributed by atoms with Gasteiger partial charge in [0.05, 0.1) is 18.3 Å². The van der Waals surface area contributed by atoms with E-state index in [1.54, 1.807) is 13.8 Å². The molecule has 0 saturated heterocycles. The lowest BCUT2D eigenvalue weighted by molar-refractivity contribution is -0.115. The lowest BCUT2D eigenvalue weighted by Crippen LogP contribution is -2.41. The zero-order valence-corrected chi connectivity index (χ0v) is 10.6.